The van der Waals surface area contributed by atoms with E-state index in [9.17, 15) is 0 Å². The summed E-state index contributed by atoms with van der Waals surface area (Å²) >= 11 is 0. The third kappa shape index (κ3) is 3.20. The minimum Gasteiger partial charge on any atom is -0.494 e. The van der Waals surface area contributed by atoms with E-state index in [2.05, 4.69) is 49.5 Å². The quantitative estimate of drug-likeness (QED) is 0.885. The van der Waals surface area contributed by atoms with Crippen molar-refractivity contribution in [2.45, 2.75) is 26.8 Å². The second-order valence-electron chi connectivity index (χ2n) is 5.11. The molecule has 0 amide bonds. The molecule has 1 N–H and O–H groups in total. The van der Waals surface area contributed by atoms with E-state index < -0.39 is 0 Å². The largest absolute Gasteiger partial charge is 0.494 e. The van der Waals surface area contributed by atoms with Crippen LogP contribution in [0.1, 0.15) is 35.2 Å². The van der Waals surface area contributed by atoms with Gasteiger partial charge in [0.05, 0.1) is 12.6 Å². The van der Waals surface area contributed by atoms with Crippen molar-refractivity contribution in [3.8, 4) is 5.75 Å². The number of nitrogens with one attached hydrogen (secondary N) is 1. The van der Waals surface area contributed by atoms with Crippen LogP contribution in [-0.4, -0.2) is 13.7 Å². The van der Waals surface area contributed by atoms with E-state index in [1.54, 1.807) is 0 Å². The Morgan fingerprint density at radius 3 is 2.30 bits per heavy atom. The predicted octanol–water partition coefficient (Wildman–Crippen LogP) is 4.01. The van der Waals surface area contributed by atoms with Crippen molar-refractivity contribution in [1.82, 2.24) is 5.32 Å². The molecular weight excluding hydrogens is 246 g/mol. The van der Waals surface area contributed by atoms with Crippen LogP contribution in [0.4, 0.5) is 0 Å². The third-order valence-electron chi connectivity index (χ3n) is 3.40. The van der Waals surface area contributed by atoms with Crippen molar-refractivity contribution >= 4 is 0 Å². The standard InChI is InChI=1S/C18H23NO/c1-5-20-17-9-7-6-8-16(17)18(19-4)15-11-13(2)10-14(3)12-15/h6-12,18-19H,5H2,1-4H3. The molecule has 0 aliphatic carbocycles. The van der Waals surface area contributed by atoms with Gasteiger partial charge in [-0.25, -0.2) is 0 Å². The number of hydrogen-bond acceptors (Lipinski definition) is 2. The van der Waals surface area contributed by atoms with Crippen LogP contribution in [0.3, 0.4) is 0 Å². The summed E-state index contributed by atoms with van der Waals surface area (Å²) < 4.78 is 5.76. The van der Waals surface area contributed by atoms with Crippen LogP contribution in [0.15, 0.2) is 42.5 Å². The summed E-state index contributed by atoms with van der Waals surface area (Å²) in [5.41, 5.74) is 5.03. The van der Waals surface area contributed by atoms with E-state index in [1.165, 1.54) is 22.3 Å². The molecule has 0 aromatic heterocycles. The molecule has 0 spiro atoms. The second kappa shape index (κ2) is 6.58. The van der Waals surface area contributed by atoms with Gasteiger partial charge in [-0.15, -0.1) is 0 Å². The SMILES string of the molecule is CCOc1ccccc1C(NC)c1cc(C)cc(C)c1. The smallest absolute Gasteiger partial charge is 0.124 e. The molecule has 2 heteroatoms. The lowest BCUT2D eigenvalue weighted by Gasteiger charge is -2.21. The lowest BCUT2D eigenvalue weighted by atomic mass is 9.95. The fraction of sp³-hybridized carbons (Fsp3) is 0.333. The molecule has 0 fully saturated rings. The molecule has 0 aliphatic heterocycles. The highest BCUT2D eigenvalue weighted by Crippen LogP contribution is 2.30. The van der Waals surface area contributed by atoms with E-state index in [-0.39, 0.29) is 6.04 Å². The summed E-state index contributed by atoms with van der Waals surface area (Å²) in [7, 11) is 1.99. The first-order valence-corrected chi connectivity index (χ1v) is 7.13. The molecule has 2 aromatic carbocycles. The number of rotatable bonds is 5. The fourth-order valence-corrected chi connectivity index (χ4v) is 2.68. The maximum Gasteiger partial charge on any atom is 0.124 e. The lowest BCUT2D eigenvalue weighted by Crippen LogP contribution is -2.19. The number of benzene rings is 2. The van der Waals surface area contributed by atoms with Gasteiger partial charge in [-0.3, -0.25) is 0 Å². The Kier molecular flexibility index (Phi) is 4.80. The maximum absolute atomic E-state index is 5.76. The maximum atomic E-state index is 5.76. The van der Waals surface area contributed by atoms with Gasteiger partial charge < -0.3 is 10.1 Å². The highest BCUT2D eigenvalue weighted by Gasteiger charge is 2.16. The lowest BCUT2D eigenvalue weighted by molar-refractivity contribution is 0.334. The molecule has 1 unspecified atom stereocenters. The van der Waals surface area contributed by atoms with Gasteiger partial charge in [-0.2, -0.15) is 0 Å². The molecule has 0 bridgehead atoms. The molecule has 2 nitrogen and oxygen atoms in total. The van der Waals surface area contributed by atoms with Crippen LogP contribution in [-0.2, 0) is 0 Å². The summed E-state index contributed by atoms with van der Waals surface area (Å²) in [4.78, 5) is 0. The van der Waals surface area contributed by atoms with E-state index in [0.29, 0.717) is 6.61 Å². The van der Waals surface area contributed by atoms with Gasteiger partial charge in [-0.1, -0.05) is 47.5 Å². The molecule has 0 saturated heterocycles. The zero-order chi connectivity index (χ0) is 14.5. The third-order valence-corrected chi connectivity index (χ3v) is 3.40. The van der Waals surface area contributed by atoms with Crippen LogP contribution >= 0.6 is 0 Å². The Morgan fingerprint density at radius 2 is 1.70 bits per heavy atom. The molecule has 2 rings (SSSR count). The van der Waals surface area contributed by atoms with Gasteiger partial charge in [0.2, 0.25) is 0 Å². The molecule has 0 aliphatic rings. The second-order valence-corrected chi connectivity index (χ2v) is 5.11. The Morgan fingerprint density at radius 1 is 1.05 bits per heavy atom. The summed E-state index contributed by atoms with van der Waals surface area (Å²) in [6.45, 7) is 6.97. The minimum absolute atomic E-state index is 0.149. The predicted molar refractivity (Wildman–Crippen MR) is 84.4 cm³/mol. The van der Waals surface area contributed by atoms with Crippen molar-refractivity contribution in [3.05, 3.63) is 64.7 Å². The first kappa shape index (κ1) is 14.6. The number of ether oxygens (including phenoxy) is 1. The summed E-state index contributed by atoms with van der Waals surface area (Å²) in [6, 6.07) is 15.1. The Bertz CT molecular complexity index is 557. The van der Waals surface area contributed by atoms with Gasteiger partial charge in [0.25, 0.3) is 0 Å². The first-order valence-electron chi connectivity index (χ1n) is 7.13. The topological polar surface area (TPSA) is 21.3 Å². The molecule has 1 atom stereocenters. The molecule has 106 valence electrons. The van der Waals surface area contributed by atoms with Crippen molar-refractivity contribution < 1.29 is 4.74 Å². The van der Waals surface area contributed by atoms with Crippen LogP contribution in [0.5, 0.6) is 5.75 Å². The Hall–Kier alpha value is -1.80. The normalized spacial score (nSPS) is 12.2. The van der Waals surface area contributed by atoms with Crippen molar-refractivity contribution in [3.63, 3.8) is 0 Å². The average molecular weight is 269 g/mol. The van der Waals surface area contributed by atoms with Gasteiger partial charge in [0, 0.05) is 5.56 Å². The van der Waals surface area contributed by atoms with Crippen LogP contribution in [0.25, 0.3) is 0 Å². The van der Waals surface area contributed by atoms with Crippen LogP contribution in [0.2, 0.25) is 0 Å². The molecule has 2 aromatic rings. The summed E-state index contributed by atoms with van der Waals surface area (Å²) in [6.07, 6.45) is 0. The van der Waals surface area contributed by atoms with E-state index in [4.69, 9.17) is 4.74 Å². The fourth-order valence-electron chi connectivity index (χ4n) is 2.68. The number of aryl methyl sites for hydroxylation is 2. The molecule has 0 saturated carbocycles. The molecule has 0 radical (unpaired) electrons. The first-order chi connectivity index (χ1) is 9.65. The highest BCUT2D eigenvalue weighted by atomic mass is 16.5. The van der Waals surface area contributed by atoms with Gasteiger partial charge in [0.1, 0.15) is 5.75 Å². The zero-order valence-corrected chi connectivity index (χ0v) is 12.7. The molecule has 20 heavy (non-hydrogen) atoms. The monoisotopic (exact) mass is 269 g/mol. The summed E-state index contributed by atoms with van der Waals surface area (Å²) in [5, 5.41) is 3.41. The Labute approximate surface area is 121 Å². The minimum atomic E-state index is 0.149. The van der Waals surface area contributed by atoms with Gasteiger partial charge >= 0.3 is 0 Å². The number of hydrogen-bond donors (Lipinski definition) is 1. The van der Waals surface area contributed by atoms with E-state index in [1.807, 2.05) is 26.1 Å². The van der Waals surface area contributed by atoms with Gasteiger partial charge in [-0.05, 0) is 39.4 Å². The van der Waals surface area contributed by atoms with Crippen molar-refractivity contribution in [1.29, 1.82) is 0 Å². The number of para-hydroxylation sites is 1. The Balaban J connectivity index is 2.46. The van der Waals surface area contributed by atoms with E-state index in [0.717, 1.165) is 5.75 Å². The highest BCUT2D eigenvalue weighted by molar-refractivity contribution is 5.43. The van der Waals surface area contributed by atoms with Crippen molar-refractivity contribution in [2.75, 3.05) is 13.7 Å². The average Bonchev–Trinajstić information content (AvgIpc) is 2.41. The van der Waals surface area contributed by atoms with E-state index >= 15 is 0 Å². The van der Waals surface area contributed by atoms with Crippen molar-refractivity contribution in [2.24, 2.45) is 0 Å². The van der Waals surface area contributed by atoms with Crippen LogP contribution < -0.4 is 10.1 Å². The molecule has 0 heterocycles. The summed E-state index contributed by atoms with van der Waals surface area (Å²) in [5.74, 6) is 0.952. The van der Waals surface area contributed by atoms with Crippen LogP contribution in [0, 0.1) is 13.8 Å². The zero-order valence-electron chi connectivity index (χ0n) is 12.7. The molecular formula is C18H23NO. The van der Waals surface area contributed by atoms with Gasteiger partial charge in [0.15, 0.2) is 0 Å².